The minimum atomic E-state index is -4.64. The number of hydrogen-bond acceptors (Lipinski definition) is 6. The van der Waals surface area contributed by atoms with Crippen LogP contribution in [0, 0.1) is 40.4 Å². The molecule has 0 aliphatic heterocycles. The third kappa shape index (κ3) is 3.35. The van der Waals surface area contributed by atoms with Crippen LogP contribution in [0.3, 0.4) is 0 Å². The zero-order valence-electron chi connectivity index (χ0n) is 17.0. The highest BCUT2D eigenvalue weighted by Crippen LogP contribution is 2.67. The summed E-state index contributed by atoms with van der Waals surface area (Å²) in [5, 5.41) is 19.9. The highest BCUT2D eigenvalue weighted by atomic mass is 32.3. The average molecular weight is 416 g/mol. The Bertz CT molecular complexity index is 695. The van der Waals surface area contributed by atoms with Crippen molar-refractivity contribution in [3.63, 3.8) is 0 Å². The molecular weight excluding hydrogens is 380 g/mol. The second-order valence-electron chi connectivity index (χ2n) is 10.5. The summed E-state index contributed by atoms with van der Waals surface area (Å²) >= 11 is 0. The maximum Gasteiger partial charge on any atom is 0.217 e. The summed E-state index contributed by atoms with van der Waals surface area (Å²) in [6.45, 7) is 4.57. The Balaban J connectivity index is 1.52. The minimum Gasteiger partial charge on any atom is -0.726 e. The molecule has 0 saturated heterocycles. The molecule has 162 valence electrons. The molecule has 0 heterocycles. The Kier molecular flexibility index (Phi) is 5.40. The largest absolute Gasteiger partial charge is 0.726 e. The smallest absolute Gasteiger partial charge is 0.217 e. The standard InChI is InChI=1S/C21H36O6S/c1-20-9-7-14(27-28(24,25)26)11-13(20)3-4-15-16-5-6-18(19(23)12-22)21(16,2)10-8-17(15)20/h13-19,22-23H,3-12H2,1-2H3,(H,24,25,26)/p-1/t13-,14+,15-,16-,17-,18+,19?,20-,21-/m0/s1. The van der Waals surface area contributed by atoms with Crippen LogP contribution in [-0.2, 0) is 14.6 Å². The Labute approximate surface area is 169 Å². The first-order valence-corrected chi connectivity index (χ1v) is 12.3. The van der Waals surface area contributed by atoms with Crippen molar-refractivity contribution in [3.8, 4) is 0 Å². The van der Waals surface area contributed by atoms with Crippen LogP contribution in [0.15, 0.2) is 0 Å². The van der Waals surface area contributed by atoms with Crippen molar-refractivity contribution < 1.29 is 27.4 Å². The second kappa shape index (κ2) is 7.19. The van der Waals surface area contributed by atoms with Gasteiger partial charge in [0.25, 0.3) is 0 Å². The van der Waals surface area contributed by atoms with Crippen molar-refractivity contribution in [3.05, 3.63) is 0 Å². The van der Waals surface area contributed by atoms with E-state index in [-0.39, 0.29) is 23.4 Å². The van der Waals surface area contributed by atoms with Crippen LogP contribution in [0.25, 0.3) is 0 Å². The van der Waals surface area contributed by atoms with Gasteiger partial charge in [0.2, 0.25) is 10.4 Å². The number of aliphatic hydroxyl groups excluding tert-OH is 2. The third-order valence-corrected chi connectivity index (χ3v) is 10.1. The van der Waals surface area contributed by atoms with E-state index in [0.717, 1.165) is 44.9 Å². The van der Waals surface area contributed by atoms with Crippen LogP contribution in [0.2, 0.25) is 0 Å². The van der Waals surface area contributed by atoms with E-state index in [1.807, 2.05) is 0 Å². The molecule has 4 fully saturated rings. The SMILES string of the molecule is C[C@]12CC[C@@H](OS(=O)(=O)[O-])C[C@@H]1CC[C@@H]1[C@@H]2CC[C@]2(C)[C@@H](C(O)CO)CC[C@@H]12. The van der Waals surface area contributed by atoms with Crippen molar-refractivity contribution in [2.45, 2.75) is 83.8 Å². The van der Waals surface area contributed by atoms with E-state index in [9.17, 15) is 23.2 Å². The van der Waals surface area contributed by atoms with Crippen LogP contribution in [0.4, 0.5) is 0 Å². The highest BCUT2D eigenvalue weighted by molar-refractivity contribution is 7.80. The van der Waals surface area contributed by atoms with Gasteiger partial charge in [-0.25, -0.2) is 8.42 Å². The second-order valence-corrected chi connectivity index (χ2v) is 11.5. The quantitative estimate of drug-likeness (QED) is 0.540. The van der Waals surface area contributed by atoms with Gasteiger partial charge in [-0.1, -0.05) is 13.8 Å². The summed E-state index contributed by atoms with van der Waals surface area (Å²) in [6, 6.07) is 0. The molecule has 4 saturated carbocycles. The summed E-state index contributed by atoms with van der Waals surface area (Å²) in [4.78, 5) is 0. The molecule has 0 radical (unpaired) electrons. The first-order valence-electron chi connectivity index (χ1n) is 11.0. The molecule has 4 aliphatic carbocycles. The third-order valence-electron chi connectivity index (χ3n) is 9.60. The molecule has 9 atom stereocenters. The van der Waals surface area contributed by atoms with Gasteiger partial charge in [0.15, 0.2) is 0 Å². The van der Waals surface area contributed by atoms with Crippen molar-refractivity contribution in [2.24, 2.45) is 40.4 Å². The van der Waals surface area contributed by atoms with E-state index >= 15 is 0 Å². The van der Waals surface area contributed by atoms with Gasteiger partial charge in [0, 0.05) is 0 Å². The van der Waals surface area contributed by atoms with Gasteiger partial charge in [-0.2, -0.15) is 0 Å². The number of fused-ring (bicyclic) bond motifs is 5. The maximum atomic E-state index is 11.0. The lowest BCUT2D eigenvalue weighted by Gasteiger charge is -2.61. The zero-order chi connectivity index (χ0) is 20.3. The summed E-state index contributed by atoms with van der Waals surface area (Å²) in [5.41, 5.74) is 0.299. The summed E-state index contributed by atoms with van der Waals surface area (Å²) in [7, 11) is -4.64. The zero-order valence-corrected chi connectivity index (χ0v) is 17.9. The molecule has 7 heteroatoms. The lowest BCUT2D eigenvalue weighted by Crippen LogP contribution is -2.54. The van der Waals surface area contributed by atoms with E-state index in [2.05, 4.69) is 13.8 Å². The lowest BCUT2D eigenvalue weighted by atomic mass is 9.44. The first kappa shape index (κ1) is 21.0. The number of hydrogen-bond donors (Lipinski definition) is 2. The Morgan fingerprint density at radius 1 is 1.04 bits per heavy atom. The van der Waals surface area contributed by atoms with Crippen LogP contribution < -0.4 is 0 Å². The van der Waals surface area contributed by atoms with Crippen molar-refractivity contribution in [2.75, 3.05) is 6.61 Å². The topological polar surface area (TPSA) is 107 Å². The number of aliphatic hydroxyl groups is 2. The van der Waals surface area contributed by atoms with E-state index in [4.69, 9.17) is 4.18 Å². The molecule has 2 N–H and O–H groups in total. The molecule has 0 aromatic rings. The highest BCUT2D eigenvalue weighted by Gasteiger charge is 2.61. The molecule has 4 rings (SSSR count). The van der Waals surface area contributed by atoms with E-state index in [1.54, 1.807) is 0 Å². The van der Waals surface area contributed by atoms with Crippen LogP contribution >= 0.6 is 0 Å². The van der Waals surface area contributed by atoms with Gasteiger partial charge >= 0.3 is 0 Å². The Hall–Kier alpha value is -0.210. The molecule has 28 heavy (non-hydrogen) atoms. The predicted octanol–water partition coefficient (Wildman–Crippen LogP) is 2.84. The molecule has 0 spiro atoms. The van der Waals surface area contributed by atoms with Gasteiger partial charge in [-0.15, -0.1) is 0 Å². The van der Waals surface area contributed by atoms with E-state index in [0.29, 0.717) is 36.5 Å². The fraction of sp³-hybridized carbons (Fsp3) is 1.00. The van der Waals surface area contributed by atoms with Crippen LogP contribution in [0.5, 0.6) is 0 Å². The van der Waals surface area contributed by atoms with Gasteiger partial charge in [0.1, 0.15) is 0 Å². The van der Waals surface area contributed by atoms with Crippen LogP contribution in [-0.4, -0.2) is 42.0 Å². The molecular formula is C21H35O6S-. The Morgan fingerprint density at radius 3 is 2.39 bits per heavy atom. The van der Waals surface area contributed by atoms with Gasteiger partial charge < -0.3 is 14.8 Å². The predicted molar refractivity (Wildman–Crippen MR) is 103 cm³/mol. The maximum absolute atomic E-state index is 11.0. The van der Waals surface area contributed by atoms with Crippen molar-refractivity contribution >= 4 is 10.4 Å². The van der Waals surface area contributed by atoms with E-state index < -0.39 is 22.6 Å². The fourth-order valence-corrected chi connectivity index (χ4v) is 8.78. The monoisotopic (exact) mass is 415 g/mol. The van der Waals surface area contributed by atoms with E-state index in [1.165, 1.54) is 0 Å². The lowest BCUT2D eigenvalue weighted by molar-refractivity contribution is -0.133. The normalized spacial score (nSPS) is 49.8. The summed E-state index contributed by atoms with van der Waals surface area (Å²) in [5.74, 6) is 2.49. The average Bonchev–Trinajstić information content (AvgIpc) is 2.97. The molecule has 6 nitrogen and oxygen atoms in total. The molecule has 4 aliphatic rings. The summed E-state index contributed by atoms with van der Waals surface area (Å²) < 4.78 is 37.9. The van der Waals surface area contributed by atoms with Gasteiger partial charge in [0.05, 0.1) is 18.8 Å². The molecule has 0 aromatic heterocycles. The minimum absolute atomic E-state index is 0.115. The van der Waals surface area contributed by atoms with Crippen molar-refractivity contribution in [1.29, 1.82) is 0 Å². The molecule has 0 bridgehead atoms. The van der Waals surface area contributed by atoms with Crippen LogP contribution in [0.1, 0.15) is 71.6 Å². The fourth-order valence-electron chi connectivity index (χ4n) is 8.27. The molecule has 0 aromatic carbocycles. The van der Waals surface area contributed by atoms with Crippen molar-refractivity contribution in [1.82, 2.24) is 0 Å². The molecule has 1 unspecified atom stereocenters. The number of rotatable bonds is 4. The summed E-state index contributed by atoms with van der Waals surface area (Å²) in [6.07, 6.45) is 7.76. The molecule has 0 amide bonds. The Morgan fingerprint density at radius 2 is 1.71 bits per heavy atom. The van der Waals surface area contributed by atoms with Gasteiger partial charge in [-0.05, 0) is 98.2 Å². The van der Waals surface area contributed by atoms with Gasteiger partial charge in [-0.3, -0.25) is 4.18 Å². The first-order chi connectivity index (χ1) is 13.1.